The number of carbonyl (C=O) groups excluding carboxylic acids is 2. The van der Waals surface area contributed by atoms with Crippen LogP contribution in [0.5, 0.6) is 0 Å². The first-order valence-corrected chi connectivity index (χ1v) is 19.5. The molecule has 2 aliphatic rings. The molecule has 7 nitrogen and oxygen atoms in total. The molecule has 0 fully saturated rings. The van der Waals surface area contributed by atoms with Gasteiger partial charge < -0.3 is 0 Å². The van der Waals surface area contributed by atoms with Crippen molar-refractivity contribution in [2.75, 3.05) is 0 Å². The Kier molecular flexibility index (Phi) is 12.0. The van der Waals surface area contributed by atoms with Gasteiger partial charge in [-0.05, 0) is 82.4 Å². The van der Waals surface area contributed by atoms with Gasteiger partial charge in [-0.1, -0.05) is 137 Å². The van der Waals surface area contributed by atoms with E-state index in [0.29, 0.717) is 77.6 Å². The molecule has 0 spiro atoms. The van der Waals surface area contributed by atoms with E-state index in [-0.39, 0.29) is 11.6 Å². The highest BCUT2D eigenvalue weighted by atomic mass is 35.5. The molecule has 290 valence electrons. The van der Waals surface area contributed by atoms with E-state index >= 15 is 0 Å². The summed E-state index contributed by atoms with van der Waals surface area (Å²) in [5.74, 6) is -0.000775. The topological polar surface area (TPSA) is 96.5 Å². The highest BCUT2D eigenvalue weighted by Crippen LogP contribution is 2.43. The Balaban J connectivity index is 1.87. The Bertz CT molecular complexity index is 2110. The van der Waals surface area contributed by atoms with Crippen LogP contribution in [0.3, 0.4) is 0 Å². The predicted octanol–water partition coefficient (Wildman–Crippen LogP) is 14.4. The number of hydrogen-bond acceptors (Lipinski definition) is 7. The zero-order valence-electron chi connectivity index (χ0n) is 34.5. The number of pyridine rings is 1. The number of ketones is 2. The number of carbonyl (C=O) groups is 2. The summed E-state index contributed by atoms with van der Waals surface area (Å²) in [5.41, 5.74) is 4.95. The first kappa shape index (κ1) is 42.3. The maximum atomic E-state index is 14.0. The Morgan fingerprint density at radius 1 is 0.464 bits per heavy atom. The van der Waals surface area contributed by atoms with Crippen LogP contribution in [0, 0.1) is 21.7 Å². The molecule has 5 rings (SSSR count). The zero-order valence-corrected chi connectivity index (χ0v) is 36.0. The Morgan fingerprint density at radius 3 is 1.05 bits per heavy atom. The molecule has 1 heterocycles. The molecule has 0 unspecified atom stereocenters. The van der Waals surface area contributed by atoms with E-state index in [9.17, 15) is 9.59 Å². The number of aromatic nitrogens is 1. The van der Waals surface area contributed by atoms with Gasteiger partial charge in [-0.25, -0.2) is 4.98 Å². The van der Waals surface area contributed by atoms with Crippen molar-refractivity contribution < 1.29 is 9.59 Å². The van der Waals surface area contributed by atoms with Crippen LogP contribution in [0.2, 0.25) is 10.0 Å². The Labute approximate surface area is 341 Å². The lowest BCUT2D eigenvalue weighted by molar-refractivity contribution is -0.114. The third kappa shape index (κ3) is 9.56. The molecule has 0 saturated heterocycles. The van der Waals surface area contributed by atoms with E-state index in [0.717, 1.165) is 0 Å². The van der Waals surface area contributed by atoms with Crippen molar-refractivity contribution in [3.63, 3.8) is 0 Å². The molecule has 1 aromatic heterocycles. The van der Waals surface area contributed by atoms with Gasteiger partial charge in [0.25, 0.3) is 0 Å². The molecule has 0 atom stereocenters. The van der Waals surface area contributed by atoms with Crippen molar-refractivity contribution in [1.82, 2.24) is 4.98 Å². The number of allylic oxidation sites excluding steroid dienone is 10. The molecule has 0 N–H and O–H groups in total. The second kappa shape index (κ2) is 16.0. The number of rotatable bonds is 6. The van der Waals surface area contributed by atoms with E-state index in [4.69, 9.17) is 38.4 Å². The van der Waals surface area contributed by atoms with E-state index in [1.807, 2.05) is 150 Å². The summed E-state index contributed by atoms with van der Waals surface area (Å²) in [6, 6.07) is 20.0. The van der Waals surface area contributed by atoms with Crippen LogP contribution in [-0.4, -0.2) is 16.6 Å². The molecule has 2 aromatic carbocycles. The minimum atomic E-state index is -0.462. The van der Waals surface area contributed by atoms with Gasteiger partial charge in [-0.3, -0.25) is 9.59 Å². The molecule has 56 heavy (non-hydrogen) atoms. The van der Waals surface area contributed by atoms with E-state index < -0.39 is 21.7 Å². The first-order chi connectivity index (χ1) is 26.0. The van der Waals surface area contributed by atoms with Gasteiger partial charge in [0.1, 0.15) is 22.8 Å². The molecular formula is C47H51Cl2N5O2. The maximum Gasteiger partial charge on any atom is 0.186 e. The van der Waals surface area contributed by atoms with E-state index in [1.165, 1.54) is 0 Å². The molecular weight excluding hydrogens is 737 g/mol. The van der Waals surface area contributed by atoms with Crippen molar-refractivity contribution in [2.24, 2.45) is 42.1 Å². The zero-order chi connectivity index (χ0) is 41.4. The van der Waals surface area contributed by atoms with Crippen LogP contribution < -0.4 is 0 Å². The fourth-order valence-corrected chi connectivity index (χ4v) is 6.59. The lowest BCUT2D eigenvalue weighted by Gasteiger charge is -2.31. The van der Waals surface area contributed by atoms with E-state index in [1.54, 1.807) is 24.3 Å². The lowest BCUT2D eigenvalue weighted by atomic mass is 9.71. The largest absolute Gasteiger partial charge is 0.289 e. The lowest BCUT2D eigenvalue weighted by Crippen LogP contribution is -2.28. The maximum absolute atomic E-state index is 14.0. The third-order valence-corrected chi connectivity index (χ3v) is 10.1. The molecule has 9 heteroatoms. The minimum Gasteiger partial charge on any atom is -0.289 e. The van der Waals surface area contributed by atoms with Crippen molar-refractivity contribution >= 4 is 57.5 Å². The summed E-state index contributed by atoms with van der Waals surface area (Å²) in [4.78, 5) is 33.2. The number of nitrogens with zero attached hydrogens (tertiary/aromatic N) is 5. The van der Waals surface area contributed by atoms with Gasteiger partial charge in [0.2, 0.25) is 0 Å². The second-order valence-electron chi connectivity index (χ2n) is 18.2. The monoisotopic (exact) mass is 787 g/mol. The summed E-state index contributed by atoms with van der Waals surface area (Å²) in [6.07, 6.45) is 7.58. The second-order valence-corrected chi connectivity index (χ2v) is 19.0. The Hall–Kier alpha value is -4.85. The first-order valence-electron chi connectivity index (χ1n) is 18.7. The van der Waals surface area contributed by atoms with Crippen molar-refractivity contribution in [3.8, 4) is 0 Å². The van der Waals surface area contributed by atoms with Crippen molar-refractivity contribution in [2.45, 2.75) is 83.1 Å². The molecule has 3 aromatic rings. The van der Waals surface area contributed by atoms with Crippen molar-refractivity contribution in [3.05, 3.63) is 146 Å². The molecule has 0 saturated carbocycles. The normalized spacial score (nSPS) is 16.0. The third-order valence-electron chi connectivity index (χ3n) is 9.41. The fourth-order valence-electron chi connectivity index (χ4n) is 6.25. The van der Waals surface area contributed by atoms with Crippen LogP contribution in [0.4, 0.5) is 11.4 Å². The van der Waals surface area contributed by atoms with Gasteiger partial charge in [-0.15, -0.1) is 20.5 Å². The Morgan fingerprint density at radius 2 is 0.768 bits per heavy atom. The van der Waals surface area contributed by atoms with Gasteiger partial charge in [0.15, 0.2) is 11.6 Å². The minimum absolute atomic E-state index is 0.000388. The van der Waals surface area contributed by atoms with Gasteiger partial charge in [0.05, 0.1) is 21.4 Å². The summed E-state index contributed by atoms with van der Waals surface area (Å²) < 4.78 is 0. The average Bonchev–Trinajstić information content (AvgIpc) is 3.09. The SMILES string of the molecule is CC(C)(C)C1=CC(=C(N=Nc2ccccc2Cl)c2cccc(C(N=Nc3ccccc3Cl)=C3C=C(C(C)(C)C)C(=O)C(C(C)(C)C)=C3)n2)C=C(C(C)(C)C)C1=O. The number of Topliss-reactive ketones (excluding diaryl/α,β-unsaturated/α-hetero) is 2. The molecule has 2 aliphatic carbocycles. The number of hydrogen-bond donors (Lipinski definition) is 0. The quantitative estimate of drug-likeness (QED) is 0.233. The smallest absolute Gasteiger partial charge is 0.186 e. The highest BCUT2D eigenvalue weighted by molar-refractivity contribution is 6.33. The molecule has 0 aliphatic heterocycles. The number of halogens is 2. The highest BCUT2D eigenvalue weighted by Gasteiger charge is 2.36. The number of benzene rings is 2. The van der Waals surface area contributed by atoms with Crippen LogP contribution >= 0.6 is 23.2 Å². The standard InChI is InChI=1S/C47H51Cl2N5O2/c1-44(2,3)30-24-28(25-31(42(30)55)45(4,5)6)40(53-51-36-20-15-13-18-34(36)48)38-22-17-23-39(50-38)41(54-52-37-21-16-14-19-35(37)49)29-26-32(46(7,8)9)43(56)33(27-29)47(10,11)12/h13-27H,1-12H3. The summed E-state index contributed by atoms with van der Waals surface area (Å²) in [6.45, 7) is 24.3. The van der Waals surface area contributed by atoms with Crippen LogP contribution in [0.1, 0.15) is 94.5 Å². The van der Waals surface area contributed by atoms with Crippen LogP contribution in [0.25, 0.3) is 11.4 Å². The summed E-state index contributed by atoms with van der Waals surface area (Å²) in [5, 5.41) is 19.8. The number of azo groups is 2. The predicted molar refractivity (Wildman–Crippen MR) is 230 cm³/mol. The summed E-state index contributed by atoms with van der Waals surface area (Å²) >= 11 is 13.1. The van der Waals surface area contributed by atoms with Crippen molar-refractivity contribution in [1.29, 1.82) is 0 Å². The molecule has 0 amide bonds. The summed E-state index contributed by atoms with van der Waals surface area (Å²) in [7, 11) is 0. The van der Waals surface area contributed by atoms with Gasteiger partial charge in [-0.2, -0.15) is 0 Å². The van der Waals surface area contributed by atoms with E-state index in [2.05, 4.69) is 10.2 Å². The van der Waals surface area contributed by atoms with Crippen LogP contribution in [-0.2, 0) is 9.59 Å². The van der Waals surface area contributed by atoms with Gasteiger partial charge in [0, 0.05) is 33.4 Å². The van der Waals surface area contributed by atoms with Crippen LogP contribution in [0.15, 0.2) is 145 Å². The molecule has 0 bridgehead atoms. The fraction of sp³-hybridized carbons (Fsp3) is 0.340. The molecule has 0 radical (unpaired) electrons. The van der Waals surface area contributed by atoms with Gasteiger partial charge >= 0.3 is 0 Å². The average molecular weight is 789 g/mol.